The molecule has 0 aliphatic carbocycles. The highest BCUT2D eigenvalue weighted by atomic mass is 16.6. The number of hydrogen-bond donors (Lipinski definition) is 2. The summed E-state index contributed by atoms with van der Waals surface area (Å²) >= 11 is 0. The molecule has 0 atom stereocenters. The summed E-state index contributed by atoms with van der Waals surface area (Å²) in [5.74, 6) is 0.0950. The van der Waals surface area contributed by atoms with E-state index in [1.807, 2.05) is 11.8 Å². The zero-order valence-electron chi connectivity index (χ0n) is 18.6. The first-order valence-corrected chi connectivity index (χ1v) is 11.1. The number of nitro groups is 1. The van der Waals surface area contributed by atoms with Crippen molar-refractivity contribution in [3.8, 4) is 0 Å². The van der Waals surface area contributed by atoms with E-state index >= 15 is 0 Å². The van der Waals surface area contributed by atoms with Crippen LogP contribution in [0.5, 0.6) is 0 Å². The first kappa shape index (κ1) is 23.2. The van der Waals surface area contributed by atoms with Crippen LogP contribution in [0, 0.1) is 16.0 Å². The number of carbonyl (C=O) groups is 2. The van der Waals surface area contributed by atoms with Gasteiger partial charge in [-0.1, -0.05) is 26.3 Å². The van der Waals surface area contributed by atoms with Gasteiger partial charge in [0.2, 0.25) is 5.91 Å². The average molecular weight is 439 g/mol. The Morgan fingerprint density at radius 1 is 1.09 bits per heavy atom. The Morgan fingerprint density at radius 3 is 2.44 bits per heavy atom. The molecule has 0 bridgehead atoms. The predicted molar refractivity (Wildman–Crippen MR) is 126 cm³/mol. The summed E-state index contributed by atoms with van der Waals surface area (Å²) in [5.41, 5.74) is 1.78. The predicted octanol–water partition coefficient (Wildman–Crippen LogP) is 5.21. The standard InChI is InChI=1S/C24H30N4O4/c1-3-4-8-23(29)25-19-6-5-7-20(16-19)26-24(30)18-9-10-21(22(15-18)28(31)32)27-13-11-17(2)12-14-27/h5-7,9-10,15-17H,3-4,8,11-14H2,1-2H3,(H,25,29)(H,26,30). The van der Waals surface area contributed by atoms with Gasteiger partial charge in [-0.25, -0.2) is 0 Å². The maximum absolute atomic E-state index is 12.8. The number of amides is 2. The fourth-order valence-electron chi connectivity index (χ4n) is 3.77. The van der Waals surface area contributed by atoms with E-state index in [2.05, 4.69) is 17.6 Å². The number of anilines is 3. The van der Waals surface area contributed by atoms with Gasteiger partial charge in [-0.2, -0.15) is 0 Å². The molecule has 0 saturated carbocycles. The molecule has 1 aliphatic heterocycles. The Morgan fingerprint density at radius 2 is 1.78 bits per heavy atom. The van der Waals surface area contributed by atoms with Crippen LogP contribution in [0.25, 0.3) is 0 Å². The minimum absolute atomic E-state index is 0.0656. The lowest BCUT2D eigenvalue weighted by atomic mass is 9.98. The highest BCUT2D eigenvalue weighted by Gasteiger charge is 2.24. The summed E-state index contributed by atoms with van der Waals surface area (Å²) in [6.45, 7) is 5.74. The number of carbonyl (C=O) groups excluding carboxylic acids is 2. The Labute approximate surface area is 188 Å². The summed E-state index contributed by atoms with van der Waals surface area (Å²) in [5, 5.41) is 17.3. The molecule has 1 heterocycles. The lowest BCUT2D eigenvalue weighted by Gasteiger charge is -2.31. The molecule has 2 N–H and O–H groups in total. The van der Waals surface area contributed by atoms with Crippen molar-refractivity contribution < 1.29 is 14.5 Å². The van der Waals surface area contributed by atoms with Gasteiger partial charge in [0.15, 0.2) is 0 Å². The SMILES string of the molecule is CCCCC(=O)Nc1cccc(NC(=O)c2ccc(N3CCC(C)CC3)c([N+](=O)[O-])c2)c1. The molecule has 8 nitrogen and oxygen atoms in total. The van der Waals surface area contributed by atoms with E-state index in [-0.39, 0.29) is 17.2 Å². The van der Waals surface area contributed by atoms with Crippen LogP contribution in [0.3, 0.4) is 0 Å². The fraction of sp³-hybridized carbons (Fsp3) is 0.417. The molecule has 1 saturated heterocycles. The van der Waals surface area contributed by atoms with Gasteiger partial charge in [0, 0.05) is 42.5 Å². The van der Waals surface area contributed by atoms with Gasteiger partial charge in [0.05, 0.1) is 4.92 Å². The molecule has 8 heteroatoms. The summed E-state index contributed by atoms with van der Waals surface area (Å²) in [6, 6.07) is 11.5. The van der Waals surface area contributed by atoms with Crippen molar-refractivity contribution in [2.24, 2.45) is 5.92 Å². The summed E-state index contributed by atoms with van der Waals surface area (Å²) in [7, 11) is 0. The topological polar surface area (TPSA) is 105 Å². The molecule has 0 radical (unpaired) electrons. The van der Waals surface area contributed by atoms with Crippen LogP contribution >= 0.6 is 0 Å². The Bertz CT molecular complexity index is 984. The molecule has 2 amide bonds. The van der Waals surface area contributed by atoms with Gasteiger partial charge in [-0.05, 0) is 55.5 Å². The van der Waals surface area contributed by atoms with Crippen LogP contribution in [-0.2, 0) is 4.79 Å². The van der Waals surface area contributed by atoms with Crippen LogP contribution in [0.15, 0.2) is 42.5 Å². The van der Waals surface area contributed by atoms with E-state index in [1.165, 1.54) is 6.07 Å². The maximum Gasteiger partial charge on any atom is 0.293 e. The molecule has 0 unspecified atom stereocenters. The second kappa shape index (κ2) is 10.7. The van der Waals surface area contributed by atoms with Gasteiger partial charge < -0.3 is 15.5 Å². The van der Waals surface area contributed by atoms with E-state index in [1.54, 1.807) is 36.4 Å². The third-order valence-corrected chi connectivity index (χ3v) is 5.72. The smallest absolute Gasteiger partial charge is 0.293 e. The zero-order chi connectivity index (χ0) is 23.1. The number of rotatable bonds is 8. The molecule has 170 valence electrons. The highest BCUT2D eigenvalue weighted by Crippen LogP contribution is 2.32. The minimum atomic E-state index is -0.443. The van der Waals surface area contributed by atoms with E-state index in [0.717, 1.165) is 38.8 Å². The largest absolute Gasteiger partial charge is 0.366 e. The lowest BCUT2D eigenvalue weighted by Crippen LogP contribution is -2.33. The number of nitrogens with one attached hydrogen (secondary N) is 2. The molecule has 0 aromatic heterocycles. The minimum Gasteiger partial charge on any atom is -0.366 e. The fourth-order valence-corrected chi connectivity index (χ4v) is 3.77. The Hall–Kier alpha value is -3.42. The van der Waals surface area contributed by atoms with Gasteiger partial charge in [0.1, 0.15) is 5.69 Å². The molecule has 32 heavy (non-hydrogen) atoms. The highest BCUT2D eigenvalue weighted by molar-refractivity contribution is 6.05. The second-order valence-corrected chi connectivity index (χ2v) is 8.32. The van der Waals surface area contributed by atoms with Crippen molar-refractivity contribution in [2.45, 2.75) is 46.0 Å². The third-order valence-electron chi connectivity index (χ3n) is 5.72. The van der Waals surface area contributed by atoms with Crippen molar-refractivity contribution in [1.82, 2.24) is 0 Å². The normalized spacial score (nSPS) is 14.1. The number of hydrogen-bond acceptors (Lipinski definition) is 5. The molecular weight excluding hydrogens is 408 g/mol. The van der Waals surface area contributed by atoms with Crippen molar-refractivity contribution in [1.29, 1.82) is 0 Å². The van der Waals surface area contributed by atoms with Crippen molar-refractivity contribution >= 4 is 34.6 Å². The molecule has 2 aromatic carbocycles. The van der Waals surface area contributed by atoms with E-state index in [9.17, 15) is 19.7 Å². The number of nitro benzene ring substituents is 1. The van der Waals surface area contributed by atoms with E-state index in [4.69, 9.17) is 0 Å². The van der Waals surface area contributed by atoms with E-state index < -0.39 is 10.8 Å². The molecule has 1 fully saturated rings. The summed E-state index contributed by atoms with van der Waals surface area (Å²) in [6.07, 6.45) is 4.17. The average Bonchev–Trinajstić information content (AvgIpc) is 2.78. The van der Waals surface area contributed by atoms with Gasteiger partial charge in [-0.15, -0.1) is 0 Å². The zero-order valence-corrected chi connectivity index (χ0v) is 18.6. The lowest BCUT2D eigenvalue weighted by molar-refractivity contribution is -0.384. The maximum atomic E-state index is 12.8. The third kappa shape index (κ3) is 6.06. The van der Waals surface area contributed by atoms with Crippen LogP contribution in [0.4, 0.5) is 22.7 Å². The number of piperidine rings is 1. The van der Waals surface area contributed by atoms with Crippen LogP contribution in [0.1, 0.15) is 56.3 Å². The van der Waals surface area contributed by atoms with Crippen molar-refractivity contribution in [3.05, 3.63) is 58.1 Å². The summed E-state index contributed by atoms with van der Waals surface area (Å²) in [4.78, 5) is 38.0. The van der Waals surface area contributed by atoms with Gasteiger partial charge >= 0.3 is 0 Å². The number of benzene rings is 2. The first-order chi connectivity index (χ1) is 15.4. The number of unbranched alkanes of at least 4 members (excludes halogenated alkanes) is 1. The van der Waals surface area contributed by atoms with Crippen molar-refractivity contribution in [3.63, 3.8) is 0 Å². The van der Waals surface area contributed by atoms with Gasteiger partial charge in [0.25, 0.3) is 11.6 Å². The summed E-state index contributed by atoms with van der Waals surface area (Å²) < 4.78 is 0. The number of nitrogens with zero attached hydrogens (tertiary/aromatic N) is 2. The quantitative estimate of drug-likeness (QED) is 0.435. The molecule has 0 spiro atoms. The monoisotopic (exact) mass is 438 g/mol. The molecule has 2 aromatic rings. The second-order valence-electron chi connectivity index (χ2n) is 8.32. The van der Waals surface area contributed by atoms with Crippen molar-refractivity contribution in [2.75, 3.05) is 28.6 Å². The van der Waals surface area contributed by atoms with Crippen LogP contribution in [-0.4, -0.2) is 29.8 Å². The molecule has 1 aliphatic rings. The molecular formula is C24H30N4O4. The molecule has 3 rings (SSSR count). The first-order valence-electron chi connectivity index (χ1n) is 11.1. The van der Waals surface area contributed by atoms with Crippen LogP contribution < -0.4 is 15.5 Å². The van der Waals surface area contributed by atoms with Gasteiger partial charge in [-0.3, -0.25) is 19.7 Å². The Kier molecular flexibility index (Phi) is 7.81. The Balaban J connectivity index is 1.72. The van der Waals surface area contributed by atoms with Crippen LogP contribution in [0.2, 0.25) is 0 Å². The van der Waals surface area contributed by atoms with E-state index in [0.29, 0.717) is 29.4 Å².